The Balaban J connectivity index is 2.73. The standard InChI is InChI=1S/C9H9IN2O3/c1-2-15-9(14)6(10)7(13)8-11-4-3-5-12-8/h3-6H,2H2,1H3. The molecular formula is C9H9IN2O3. The summed E-state index contributed by atoms with van der Waals surface area (Å²) < 4.78 is 3.84. The second-order valence-corrected chi connectivity index (χ2v) is 3.80. The van der Waals surface area contributed by atoms with E-state index in [1.807, 2.05) is 0 Å². The van der Waals surface area contributed by atoms with Crippen LogP contribution in [0.15, 0.2) is 18.5 Å². The van der Waals surface area contributed by atoms with Crippen molar-refractivity contribution in [3.63, 3.8) is 0 Å². The molecule has 80 valence electrons. The third-order valence-electron chi connectivity index (χ3n) is 1.51. The first-order chi connectivity index (χ1) is 7.16. The predicted octanol–water partition coefficient (Wildman–Crippen LogP) is 1.03. The van der Waals surface area contributed by atoms with Crippen molar-refractivity contribution in [3.05, 3.63) is 24.3 Å². The lowest BCUT2D eigenvalue weighted by molar-refractivity contribution is -0.141. The molecule has 0 N–H and O–H groups in total. The first-order valence-corrected chi connectivity index (χ1v) is 5.53. The molecular weight excluding hydrogens is 311 g/mol. The zero-order valence-electron chi connectivity index (χ0n) is 8.01. The number of carbonyl (C=O) groups excluding carboxylic acids is 2. The molecule has 1 aromatic heterocycles. The number of hydrogen-bond donors (Lipinski definition) is 0. The van der Waals surface area contributed by atoms with Gasteiger partial charge in [-0.05, 0) is 13.0 Å². The van der Waals surface area contributed by atoms with Crippen LogP contribution in [0.3, 0.4) is 0 Å². The number of Topliss-reactive ketones (excluding diaryl/α,β-unsaturated/α-hetero) is 1. The number of hydrogen-bond acceptors (Lipinski definition) is 5. The maximum atomic E-state index is 11.6. The van der Waals surface area contributed by atoms with E-state index in [4.69, 9.17) is 4.74 Å². The predicted molar refractivity (Wildman–Crippen MR) is 60.8 cm³/mol. The Morgan fingerprint density at radius 3 is 2.60 bits per heavy atom. The molecule has 1 aromatic rings. The number of carbonyl (C=O) groups is 2. The van der Waals surface area contributed by atoms with E-state index in [1.54, 1.807) is 35.6 Å². The van der Waals surface area contributed by atoms with Crippen molar-refractivity contribution >= 4 is 34.3 Å². The van der Waals surface area contributed by atoms with E-state index >= 15 is 0 Å². The molecule has 5 nitrogen and oxygen atoms in total. The van der Waals surface area contributed by atoms with Crippen molar-refractivity contribution in [3.8, 4) is 0 Å². The van der Waals surface area contributed by atoms with E-state index in [0.29, 0.717) is 0 Å². The number of aromatic nitrogens is 2. The first-order valence-electron chi connectivity index (χ1n) is 4.28. The number of nitrogens with zero attached hydrogens (tertiary/aromatic N) is 2. The highest BCUT2D eigenvalue weighted by molar-refractivity contribution is 14.1. The topological polar surface area (TPSA) is 69.2 Å². The Labute approximate surface area is 100 Å². The average Bonchev–Trinajstić information content (AvgIpc) is 2.28. The van der Waals surface area contributed by atoms with Crippen molar-refractivity contribution in [2.75, 3.05) is 6.61 Å². The van der Waals surface area contributed by atoms with Crippen LogP contribution in [0, 0.1) is 0 Å². The Morgan fingerprint density at radius 2 is 2.07 bits per heavy atom. The van der Waals surface area contributed by atoms with E-state index in [-0.39, 0.29) is 12.4 Å². The maximum absolute atomic E-state index is 11.6. The van der Waals surface area contributed by atoms with Crippen LogP contribution >= 0.6 is 22.6 Å². The molecule has 0 bridgehead atoms. The Kier molecular flexibility index (Phi) is 4.60. The van der Waals surface area contributed by atoms with Gasteiger partial charge in [-0.2, -0.15) is 0 Å². The molecule has 0 aromatic carbocycles. The minimum absolute atomic E-state index is 0.0324. The van der Waals surface area contributed by atoms with E-state index in [1.165, 1.54) is 12.4 Å². The summed E-state index contributed by atoms with van der Waals surface area (Å²) in [5.74, 6) is -0.963. The number of ether oxygens (including phenoxy) is 1. The highest BCUT2D eigenvalue weighted by Gasteiger charge is 2.27. The molecule has 0 aliphatic rings. The lowest BCUT2D eigenvalue weighted by atomic mass is 10.2. The minimum Gasteiger partial charge on any atom is -0.465 e. The zero-order chi connectivity index (χ0) is 11.3. The smallest absolute Gasteiger partial charge is 0.327 e. The van der Waals surface area contributed by atoms with E-state index in [0.717, 1.165) is 0 Å². The van der Waals surface area contributed by atoms with Crippen molar-refractivity contribution in [1.82, 2.24) is 9.97 Å². The van der Waals surface area contributed by atoms with Crippen LogP contribution in [-0.2, 0) is 9.53 Å². The summed E-state index contributed by atoms with van der Waals surface area (Å²) in [7, 11) is 0. The molecule has 6 heteroatoms. The molecule has 0 saturated heterocycles. The van der Waals surface area contributed by atoms with Gasteiger partial charge in [0.15, 0.2) is 9.75 Å². The van der Waals surface area contributed by atoms with Gasteiger partial charge < -0.3 is 4.74 Å². The fraction of sp³-hybridized carbons (Fsp3) is 0.333. The molecule has 1 rings (SSSR count). The molecule has 1 unspecified atom stereocenters. The van der Waals surface area contributed by atoms with Gasteiger partial charge >= 0.3 is 5.97 Å². The number of rotatable bonds is 4. The third kappa shape index (κ3) is 3.22. The van der Waals surface area contributed by atoms with E-state index in [2.05, 4.69) is 9.97 Å². The summed E-state index contributed by atoms with van der Waals surface area (Å²) >= 11 is 1.72. The summed E-state index contributed by atoms with van der Waals surface area (Å²) in [6.45, 7) is 1.94. The van der Waals surface area contributed by atoms with Gasteiger partial charge in [0.2, 0.25) is 5.78 Å². The summed E-state index contributed by atoms with van der Waals surface area (Å²) in [5.41, 5.74) is 0. The van der Waals surface area contributed by atoms with Gasteiger partial charge in [0.25, 0.3) is 0 Å². The van der Waals surface area contributed by atoms with Gasteiger partial charge in [-0.1, -0.05) is 22.6 Å². The maximum Gasteiger partial charge on any atom is 0.327 e. The van der Waals surface area contributed by atoms with E-state index < -0.39 is 15.7 Å². The highest BCUT2D eigenvalue weighted by Crippen LogP contribution is 2.09. The van der Waals surface area contributed by atoms with Crippen LogP contribution < -0.4 is 0 Å². The van der Waals surface area contributed by atoms with Gasteiger partial charge in [0.1, 0.15) is 0 Å². The summed E-state index contributed by atoms with van der Waals surface area (Å²) in [5, 5.41) is 0. The van der Waals surface area contributed by atoms with Crippen LogP contribution in [0.2, 0.25) is 0 Å². The summed E-state index contributed by atoms with van der Waals surface area (Å²) in [6, 6.07) is 1.60. The molecule has 15 heavy (non-hydrogen) atoms. The molecule has 1 heterocycles. The van der Waals surface area contributed by atoms with Crippen LogP contribution in [0.25, 0.3) is 0 Å². The van der Waals surface area contributed by atoms with Crippen LogP contribution in [0.1, 0.15) is 17.5 Å². The van der Waals surface area contributed by atoms with Crippen LogP contribution in [-0.4, -0.2) is 32.3 Å². The zero-order valence-corrected chi connectivity index (χ0v) is 10.2. The molecule has 0 aliphatic heterocycles. The molecule has 0 fully saturated rings. The Morgan fingerprint density at radius 1 is 1.47 bits per heavy atom. The normalized spacial score (nSPS) is 11.9. The monoisotopic (exact) mass is 320 g/mol. The lowest BCUT2D eigenvalue weighted by Crippen LogP contribution is -2.27. The van der Waals surface area contributed by atoms with Crippen molar-refractivity contribution in [1.29, 1.82) is 0 Å². The average molecular weight is 320 g/mol. The Hall–Kier alpha value is -1.05. The van der Waals surface area contributed by atoms with E-state index in [9.17, 15) is 9.59 Å². The van der Waals surface area contributed by atoms with Crippen molar-refractivity contribution in [2.24, 2.45) is 0 Å². The van der Waals surface area contributed by atoms with Gasteiger partial charge in [0.05, 0.1) is 6.61 Å². The molecule has 0 aliphatic carbocycles. The number of halogens is 1. The second-order valence-electron chi connectivity index (χ2n) is 2.55. The van der Waals surface area contributed by atoms with Gasteiger partial charge in [-0.15, -0.1) is 0 Å². The third-order valence-corrected chi connectivity index (χ3v) is 2.58. The van der Waals surface area contributed by atoms with Gasteiger partial charge in [-0.3, -0.25) is 9.59 Å². The minimum atomic E-state index is -0.884. The highest BCUT2D eigenvalue weighted by atomic mass is 127. The quantitative estimate of drug-likeness (QED) is 0.272. The summed E-state index contributed by atoms with van der Waals surface area (Å²) in [6.07, 6.45) is 2.91. The fourth-order valence-electron chi connectivity index (χ4n) is 0.862. The molecule has 0 amide bonds. The fourth-order valence-corrected chi connectivity index (χ4v) is 1.32. The molecule has 1 atom stereocenters. The van der Waals surface area contributed by atoms with Gasteiger partial charge in [-0.25, -0.2) is 9.97 Å². The van der Waals surface area contributed by atoms with Gasteiger partial charge in [0, 0.05) is 12.4 Å². The second kappa shape index (κ2) is 5.74. The molecule has 0 radical (unpaired) electrons. The first kappa shape index (κ1) is 12.0. The molecule has 0 spiro atoms. The largest absolute Gasteiger partial charge is 0.465 e. The lowest BCUT2D eigenvalue weighted by Gasteiger charge is -2.06. The van der Waals surface area contributed by atoms with Crippen molar-refractivity contribution in [2.45, 2.75) is 10.8 Å². The van der Waals surface area contributed by atoms with Crippen molar-refractivity contribution < 1.29 is 14.3 Å². The number of esters is 1. The number of ketones is 1. The summed E-state index contributed by atoms with van der Waals surface area (Å²) in [4.78, 5) is 30.4. The van der Waals surface area contributed by atoms with Crippen LogP contribution in [0.5, 0.6) is 0 Å². The van der Waals surface area contributed by atoms with Crippen LogP contribution in [0.4, 0.5) is 0 Å². The Bertz CT molecular complexity index is 356. The molecule has 0 saturated carbocycles. The SMILES string of the molecule is CCOC(=O)C(I)C(=O)c1ncccn1. The number of alkyl halides is 1.